The lowest BCUT2D eigenvalue weighted by Gasteiger charge is -2.10. The third-order valence-corrected chi connectivity index (χ3v) is 5.15. The van der Waals surface area contributed by atoms with Crippen LogP contribution in [0.4, 0.5) is 5.69 Å². The number of rotatable bonds is 5. The van der Waals surface area contributed by atoms with Crippen molar-refractivity contribution in [1.29, 1.82) is 0 Å². The average Bonchev–Trinajstić information content (AvgIpc) is 2.62. The van der Waals surface area contributed by atoms with Crippen molar-refractivity contribution in [2.45, 2.75) is 33.6 Å². The third kappa shape index (κ3) is 6.35. The zero-order valence-electron chi connectivity index (χ0n) is 15.5. The highest BCUT2D eigenvalue weighted by Crippen LogP contribution is 2.16. The average molecular weight is 479 g/mol. The van der Waals surface area contributed by atoms with Gasteiger partial charge in [-0.15, -0.1) is 0 Å². The smallest absolute Gasteiger partial charge is 0.269 e. The summed E-state index contributed by atoms with van der Waals surface area (Å²) >= 11 is 2.15. The van der Waals surface area contributed by atoms with Crippen LogP contribution in [-0.2, 0) is 9.59 Å². The van der Waals surface area contributed by atoms with Crippen LogP contribution in [0.5, 0.6) is 0 Å². The first kappa shape index (κ1) is 20.9. The van der Waals surface area contributed by atoms with E-state index in [1.54, 1.807) is 12.1 Å². The third-order valence-electron chi connectivity index (χ3n) is 3.98. The first-order valence-corrected chi connectivity index (χ1v) is 9.56. The highest BCUT2D eigenvalue weighted by atomic mass is 127. The molecule has 0 aliphatic carbocycles. The Hall–Kier alpha value is -2.42. The van der Waals surface area contributed by atoms with Gasteiger partial charge in [0.2, 0.25) is 11.8 Å². The van der Waals surface area contributed by atoms with Gasteiger partial charge in [0.1, 0.15) is 0 Å². The summed E-state index contributed by atoms with van der Waals surface area (Å²) < 4.78 is 0.967. The van der Waals surface area contributed by atoms with Gasteiger partial charge >= 0.3 is 0 Å². The molecule has 2 aromatic carbocycles. The van der Waals surface area contributed by atoms with Gasteiger partial charge in [-0.2, -0.15) is 0 Å². The molecule has 0 spiro atoms. The Balaban J connectivity index is 1.77. The highest BCUT2D eigenvalue weighted by molar-refractivity contribution is 14.1. The summed E-state index contributed by atoms with van der Waals surface area (Å²) in [4.78, 5) is 35.9. The van der Waals surface area contributed by atoms with Crippen molar-refractivity contribution in [3.8, 4) is 0 Å². The van der Waals surface area contributed by atoms with Gasteiger partial charge in [-0.25, -0.2) is 0 Å². The van der Waals surface area contributed by atoms with E-state index in [9.17, 15) is 14.4 Å². The number of halogens is 1. The van der Waals surface area contributed by atoms with Gasteiger partial charge in [0, 0.05) is 27.7 Å². The zero-order valence-corrected chi connectivity index (χ0v) is 17.6. The molecule has 0 atom stereocenters. The SMILES string of the molecule is Cc1ccc(NC(=O)CCC(=O)NNC(=O)c2ccc(C)c(I)c2)c(C)c1. The largest absolute Gasteiger partial charge is 0.326 e. The maximum absolute atomic E-state index is 12.0. The first-order chi connectivity index (χ1) is 12.8. The summed E-state index contributed by atoms with van der Waals surface area (Å²) in [6, 6.07) is 11.0. The summed E-state index contributed by atoms with van der Waals surface area (Å²) in [5, 5.41) is 2.79. The lowest BCUT2D eigenvalue weighted by Crippen LogP contribution is -2.41. The second-order valence-corrected chi connectivity index (χ2v) is 7.50. The number of carbonyl (C=O) groups excluding carboxylic acids is 3. The van der Waals surface area contributed by atoms with E-state index < -0.39 is 11.8 Å². The van der Waals surface area contributed by atoms with E-state index in [0.717, 1.165) is 25.9 Å². The number of carbonyl (C=O) groups is 3. The maximum Gasteiger partial charge on any atom is 0.269 e. The van der Waals surface area contributed by atoms with Gasteiger partial charge in [-0.1, -0.05) is 23.8 Å². The zero-order chi connectivity index (χ0) is 20.0. The van der Waals surface area contributed by atoms with Crippen LogP contribution in [-0.4, -0.2) is 17.7 Å². The van der Waals surface area contributed by atoms with E-state index in [1.165, 1.54) is 0 Å². The maximum atomic E-state index is 12.0. The predicted molar refractivity (Wildman–Crippen MR) is 113 cm³/mol. The lowest BCUT2D eigenvalue weighted by molar-refractivity contribution is -0.124. The van der Waals surface area contributed by atoms with Crippen LogP contribution in [0.2, 0.25) is 0 Å². The van der Waals surface area contributed by atoms with Crippen LogP contribution in [0.3, 0.4) is 0 Å². The van der Waals surface area contributed by atoms with Crippen molar-refractivity contribution in [3.05, 3.63) is 62.2 Å². The van der Waals surface area contributed by atoms with Crippen molar-refractivity contribution in [3.63, 3.8) is 0 Å². The molecule has 0 bridgehead atoms. The van der Waals surface area contributed by atoms with Gasteiger partial charge in [-0.05, 0) is 72.7 Å². The summed E-state index contributed by atoms with van der Waals surface area (Å²) in [7, 11) is 0. The Kier molecular flexibility index (Phi) is 7.35. The molecule has 2 aromatic rings. The molecule has 6 nitrogen and oxygen atoms in total. The molecule has 142 valence electrons. The number of benzene rings is 2. The summed E-state index contributed by atoms with van der Waals surface area (Å²) in [5.41, 5.74) is 9.03. The van der Waals surface area contributed by atoms with Gasteiger partial charge in [0.05, 0.1) is 0 Å². The molecule has 0 aliphatic rings. The van der Waals surface area contributed by atoms with E-state index in [0.29, 0.717) is 5.56 Å². The lowest BCUT2D eigenvalue weighted by atomic mass is 10.1. The van der Waals surface area contributed by atoms with Gasteiger partial charge in [-0.3, -0.25) is 25.2 Å². The van der Waals surface area contributed by atoms with Crippen LogP contribution in [0.15, 0.2) is 36.4 Å². The summed E-state index contributed by atoms with van der Waals surface area (Å²) in [6.45, 7) is 5.85. The Morgan fingerprint density at radius 1 is 0.852 bits per heavy atom. The normalized spacial score (nSPS) is 10.2. The van der Waals surface area contributed by atoms with Crippen LogP contribution >= 0.6 is 22.6 Å². The molecule has 0 saturated carbocycles. The second kappa shape index (κ2) is 9.50. The number of anilines is 1. The molecule has 2 rings (SSSR count). The van der Waals surface area contributed by atoms with E-state index in [2.05, 4.69) is 38.8 Å². The van der Waals surface area contributed by atoms with Gasteiger partial charge in [0.25, 0.3) is 5.91 Å². The molecular weight excluding hydrogens is 457 g/mol. The van der Waals surface area contributed by atoms with Crippen LogP contribution < -0.4 is 16.2 Å². The van der Waals surface area contributed by atoms with Crippen molar-refractivity contribution in [1.82, 2.24) is 10.9 Å². The quantitative estimate of drug-likeness (QED) is 0.454. The van der Waals surface area contributed by atoms with E-state index in [-0.39, 0.29) is 18.7 Å². The molecule has 0 aliphatic heterocycles. The minimum Gasteiger partial charge on any atom is -0.326 e. The molecule has 0 saturated heterocycles. The summed E-state index contributed by atoms with van der Waals surface area (Å²) in [6.07, 6.45) is -0.0000942. The minimum atomic E-state index is -0.430. The molecule has 3 N–H and O–H groups in total. The minimum absolute atomic E-state index is 0.0252. The van der Waals surface area contributed by atoms with E-state index in [4.69, 9.17) is 0 Å². The first-order valence-electron chi connectivity index (χ1n) is 8.48. The number of hydrazine groups is 1. The number of nitrogens with one attached hydrogen (secondary N) is 3. The molecule has 0 aromatic heterocycles. The molecule has 0 radical (unpaired) electrons. The van der Waals surface area contributed by atoms with E-state index in [1.807, 2.05) is 45.0 Å². The number of aryl methyl sites for hydroxylation is 3. The number of hydrogen-bond acceptors (Lipinski definition) is 3. The van der Waals surface area contributed by atoms with Crippen LogP contribution in [0, 0.1) is 24.3 Å². The van der Waals surface area contributed by atoms with Crippen LogP contribution in [0.25, 0.3) is 0 Å². The molecule has 27 heavy (non-hydrogen) atoms. The van der Waals surface area contributed by atoms with Crippen molar-refractivity contribution < 1.29 is 14.4 Å². The molecule has 0 unspecified atom stereocenters. The monoisotopic (exact) mass is 479 g/mol. The van der Waals surface area contributed by atoms with Gasteiger partial charge < -0.3 is 5.32 Å². The Bertz CT molecular complexity index is 881. The molecular formula is C20H22IN3O3. The van der Waals surface area contributed by atoms with Gasteiger partial charge in [0.15, 0.2) is 0 Å². The van der Waals surface area contributed by atoms with Crippen molar-refractivity contribution in [2.75, 3.05) is 5.32 Å². The topological polar surface area (TPSA) is 87.3 Å². The Morgan fingerprint density at radius 3 is 2.22 bits per heavy atom. The Morgan fingerprint density at radius 2 is 1.56 bits per heavy atom. The number of hydrogen-bond donors (Lipinski definition) is 3. The van der Waals surface area contributed by atoms with E-state index >= 15 is 0 Å². The molecule has 7 heteroatoms. The Labute approximate surface area is 172 Å². The standard InChI is InChI=1S/C20H22IN3O3/c1-12-4-7-17(14(3)10-12)22-18(25)8-9-19(26)23-24-20(27)15-6-5-13(2)16(21)11-15/h4-7,10-11H,8-9H2,1-3H3,(H,22,25)(H,23,26)(H,24,27). The van der Waals surface area contributed by atoms with Crippen molar-refractivity contribution in [2.24, 2.45) is 0 Å². The van der Waals surface area contributed by atoms with Crippen LogP contribution in [0.1, 0.15) is 39.9 Å². The second-order valence-electron chi connectivity index (χ2n) is 6.33. The fourth-order valence-corrected chi connectivity index (χ4v) is 2.90. The fourth-order valence-electron chi connectivity index (χ4n) is 2.39. The number of amides is 3. The summed E-state index contributed by atoms with van der Waals surface area (Å²) in [5.74, 6) is -1.08. The molecule has 3 amide bonds. The van der Waals surface area contributed by atoms with Crippen molar-refractivity contribution >= 4 is 46.0 Å². The predicted octanol–water partition coefficient (Wildman–Crippen LogP) is 3.40. The highest BCUT2D eigenvalue weighted by Gasteiger charge is 2.11. The fraction of sp³-hybridized carbons (Fsp3) is 0.250. The molecule has 0 heterocycles. The molecule has 0 fully saturated rings.